The van der Waals surface area contributed by atoms with Crippen LogP contribution in [0.4, 0.5) is 11.4 Å². The molecule has 1 aliphatic carbocycles. The van der Waals surface area contributed by atoms with Gasteiger partial charge >= 0.3 is 5.97 Å². The molecule has 3 rings (SSSR count). The molecule has 0 bridgehead atoms. The van der Waals surface area contributed by atoms with Crippen molar-refractivity contribution in [2.75, 3.05) is 18.2 Å². The van der Waals surface area contributed by atoms with Crippen LogP contribution in [0.5, 0.6) is 0 Å². The molecule has 4 heteroatoms. The second kappa shape index (κ2) is 5.48. The van der Waals surface area contributed by atoms with Crippen LogP contribution in [-0.2, 0) is 17.6 Å². The summed E-state index contributed by atoms with van der Waals surface area (Å²) in [6.45, 7) is 0. The van der Waals surface area contributed by atoms with Crippen molar-refractivity contribution in [3.05, 3.63) is 59.2 Å². The fourth-order valence-electron chi connectivity index (χ4n) is 2.81. The van der Waals surface area contributed by atoms with Crippen molar-refractivity contribution in [1.82, 2.24) is 0 Å². The summed E-state index contributed by atoms with van der Waals surface area (Å²) in [5.41, 5.74) is 10.7. The molecule has 0 saturated carbocycles. The maximum Gasteiger partial charge on any atom is 0.337 e. The SMILES string of the molecule is COC(=O)c1ccc(N)c(NC2Cc3ccccc3C2)c1. The third kappa shape index (κ3) is 2.70. The molecule has 0 heterocycles. The van der Waals surface area contributed by atoms with Crippen LogP contribution in [0.3, 0.4) is 0 Å². The number of carbonyl (C=O) groups is 1. The molecule has 0 unspecified atom stereocenters. The smallest absolute Gasteiger partial charge is 0.337 e. The number of methoxy groups -OCH3 is 1. The number of carbonyl (C=O) groups excluding carboxylic acids is 1. The lowest BCUT2D eigenvalue weighted by atomic mass is 10.1. The van der Waals surface area contributed by atoms with Crippen LogP contribution in [0.15, 0.2) is 42.5 Å². The van der Waals surface area contributed by atoms with Gasteiger partial charge in [-0.1, -0.05) is 24.3 Å². The van der Waals surface area contributed by atoms with Crippen LogP contribution >= 0.6 is 0 Å². The number of hydrogen-bond donors (Lipinski definition) is 2. The first-order chi connectivity index (χ1) is 10.2. The normalized spacial score (nSPS) is 13.8. The van der Waals surface area contributed by atoms with Gasteiger partial charge in [-0.2, -0.15) is 0 Å². The molecule has 2 aromatic carbocycles. The molecule has 0 aliphatic heterocycles. The highest BCUT2D eigenvalue weighted by Gasteiger charge is 2.21. The van der Waals surface area contributed by atoms with Gasteiger partial charge in [0.1, 0.15) is 0 Å². The van der Waals surface area contributed by atoms with Gasteiger partial charge in [-0.15, -0.1) is 0 Å². The molecule has 0 spiro atoms. The molecule has 108 valence electrons. The molecule has 0 aromatic heterocycles. The van der Waals surface area contributed by atoms with Gasteiger partial charge in [-0.25, -0.2) is 4.79 Å². The minimum Gasteiger partial charge on any atom is -0.465 e. The molecule has 0 fully saturated rings. The van der Waals surface area contributed by atoms with Crippen LogP contribution in [0.2, 0.25) is 0 Å². The van der Waals surface area contributed by atoms with Crippen molar-refractivity contribution in [2.24, 2.45) is 0 Å². The molecular weight excluding hydrogens is 264 g/mol. The van der Waals surface area contributed by atoms with Crippen LogP contribution in [0.1, 0.15) is 21.5 Å². The van der Waals surface area contributed by atoms with Gasteiger partial charge in [0.2, 0.25) is 0 Å². The summed E-state index contributed by atoms with van der Waals surface area (Å²) in [5, 5.41) is 3.44. The number of esters is 1. The van der Waals surface area contributed by atoms with Crippen molar-refractivity contribution in [3.63, 3.8) is 0 Å². The fraction of sp³-hybridized carbons (Fsp3) is 0.235. The van der Waals surface area contributed by atoms with Crippen LogP contribution in [-0.4, -0.2) is 19.1 Å². The third-order valence-corrected chi connectivity index (χ3v) is 3.89. The standard InChI is InChI=1S/C17H18N2O2/c1-21-17(20)13-6-7-15(18)16(10-13)19-14-8-11-4-2-3-5-12(11)9-14/h2-7,10,14,19H,8-9,18H2,1H3. The Labute approximate surface area is 123 Å². The van der Waals surface area contributed by atoms with Crippen molar-refractivity contribution >= 4 is 17.3 Å². The average Bonchev–Trinajstić information content (AvgIpc) is 2.91. The highest BCUT2D eigenvalue weighted by atomic mass is 16.5. The summed E-state index contributed by atoms with van der Waals surface area (Å²) >= 11 is 0. The van der Waals surface area contributed by atoms with Crippen LogP contribution in [0, 0.1) is 0 Å². The lowest BCUT2D eigenvalue weighted by molar-refractivity contribution is 0.0601. The van der Waals surface area contributed by atoms with E-state index in [0.717, 1.165) is 18.5 Å². The largest absolute Gasteiger partial charge is 0.465 e. The minimum absolute atomic E-state index is 0.303. The summed E-state index contributed by atoms with van der Waals surface area (Å²) in [6, 6.07) is 13.9. The van der Waals surface area contributed by atoms with Crippen LogP contribution in [0.25, 0.3) is 0 Å². The highest BCUT2D eigenvalue weighted by Crippen LogP contribution is 2.27. The molecule has 2 aromatic rings. The molecule has 1 aliphatic rings. The second-order valence-corrected chi connectivity index (χ2v) is 5.31. The van der Waals surface area contributed by atoms with E-state index >= 15 is 0 Å². The summed E-state index contributed by atoms with van der Waals surface area (Å²) in [6.07, 6.45) is 1.94. The zero-order valence-corrected chi connectivity index (χ0v) is 11.9. The van der Waals surface area contributed by atoms with Crippen LogP contribution < -0.4 is 11.1 Å². The van der Waals surface area contributed by atoms with Crippen molar-refractivity contribution in [2.45, 2.75) is 18.9 Å². The number of nitrogen functional groups attached to an aromatic ring is 1. The highest BCUT2D eigenvalue weighted by molar-refractivity contribution is 5.92. The molecule has 0 atom stereocenters. The lowest BCUT2D eigenvalue weighted by Gasteiger charge is -2.16. The predicted octanol–water partition coefficient (Wildman–Crippen LogP) is 2.63. The molecule has 4 nitrogen and oxygen atoms in total. The van der Waals surface area contributed by atoms with Gasteiger partial charge in [0.05, 0.1) is 24.0 Å². The first-order valence-electron chi connectivity index (χ1n) is 6.98. The Morgan fingerprint density at radius 1 is 1.19 bits per heavy atom. The topological polar surface area (TPSA) is 64.3 Å². The Bertz CT molecular complexity index is 657. The number of hydrogen-bond acceptors (Lipinski definition) is 4. The van der Waals surface area contributed by atoms with E-state index < -0.39 is 0 Å². The Morgan fingerprint density at radius 2 is 1.86 bits per heavy atom. The maximum absolute atomic E-state index is 11.6. The Balaban J connectivity index is 1.78. The number of nitrogens with one attached hydrogen (secondary N) is 1. The number of nitrogens with two attached hydrogens (primary N) is 1. The number of anilines is 2. The van der Waals surface area contributed by atoms with Gasteiger partial charge in [-0.05, 0) is 42.2 Å². The quantitative estimate of drug-likeness (QED) is 0.671. The molecule has 21 heavy (non-hydrogen) atoms. The Hall–Kier alpha value is -2.49. The van der Waals surface area contributed by atoms with E-state index in [9.17, 15) is 4.79 Å². The van der Waals surface area contributed by atoms with Crippen molar-refractivity contribution in [1.29, 1.82) is 0 Å². The summed E-state index contributed by atoms with van der Waals surface area (Å²) in [7, 11) is 1.37. The first-order valence-corrected chi connectivity index (χ1v) is 6.98. The van der Waals surface area contributed by atoms with Gasteiger partial charge in [0, 0.05) is 6.04 Å². The zero-order chi connectivity index (χ0) is 14.8. The molecule has 0 amide bonds. The zero-order valence-electron chi connectivity index (χ0n) is 11.9. The molecular formula is C17H18N2O2. The second-order valence-electron chi connectivity index (χ2n) is 5.31. The summed E-state index contributed by atoms with van der Waals surface area (Å²) < 4.78 is 4.74. The number of benzene rings is 2. The Morgan fingerprint density at radius 3 is 2.48 bits per heavy atom. The van der Waals surface area contributed by atoms with E-state index in [1.54, 1.807) is 18.2 Å². The molecule has 0 radical (unpaired) electrons. The Kier molecular flexibility index (Phi) is 3.52. The summed E-state index contributed by atoms with van der Waals surface area (Å²) in [4.78, 5) is 11.6. The van der Waals surface area contributed by atoms with E-state index in [4.69, 9.17) is 10.5 Å². The third-order valence-electron chi connectivity index (χ3n) is 3.89. The van der Waals surface area contributed by atoms with E-state index in [1.807, 2.05) is 0 Å². The number of fused-ring (bicyclic) bond motifs is 1. The first kappa shape index (κ1) is 13.5. The van der Waals surface area contributed by atoms with E-state index in [2.05, 4.69) is 29.6 Å². The fourth-order valence-corrected chi connectivity index (χ4v) is 2.81. The number of rotatable bonds is 3. The van der Waals surface area contributed by atoms with E-state index in [1.165, 1.54) is 18.2 Å². The van der Waals surface area contributed by atoms with Gasteiger partial charge in [-0.3, -0.25) is 0 Å². The average molecular weight is 282 g/mol. The minimum atomic E-state index is -0.354. The monoisotopic (exact) mass is 282 g/mol. The van der Waals surface area contributed by atoms with Crippen molar-refractivity contribution in [3.8, 4) is 0 Å². The van der Waals surface area contributed by atoms with Gasteiger partial charge < -0.3 is 15.8 Å². The van der Waals surface area contributed by atoms with E-state index in [0.29, 0.717) is 17.3 Å². The molecule has 0 saturated heterocycles. The lowest BCUT2D eigenvalue weighted by Crippen LogP contribution is -2.20. The summed E-state index contributed by atoms with van der Waals surface area (Å²) in [5.74, 6) is -0.354. The molecule has 3 N–H and O–H groups in total. The maximum atomic E-state index is 11.6. The predicted molar refractivity (Wildman–Crippen MR) is 83.5 cm³/mol. The van der Waals surface area contributed by atoms with Crippen molar-refractivity contribution < 1.29 is 9.53 Å². The van der Waals surface area contributed by atoms with E-state index in [-0.39, 0.29) is 5.97 Å². The van der Waals surface area contributed by atoms with Gasteiger partial charge in [0.15, 0.2) is 0 Å². The van der Waals surface area contributed by atoms with Gasteiger partial charge in [0.25, 0.3) is 0 Å². The number of ether oxygens (including phenoxy) is 1.